The van der Waals surface area contributed by atoms with Gasteiger partial charge in [-0.2, -0.15) is 11.8 Å². The largest absolute Gasteiger partial charge is 0.497 e. The number of carbonyl (C=O) groups is 2. The molecule has 0 aliphatic carbocycles. The lowest BCUT2D eigenvalue weighted by Gasteiger charge is -2.16. The number of Topliss-reactive ketones (excluding diaryl/α,β-unsaturated/α-hetero) is 1. The first-order chi connectivity index (χ1) is 8.69. The molecule has 0 aromatic heterocycles. The number of thioether (sulfide) groups is 1. The maximum atomic E-state index is 11.9. The molecule has 18 heavy (non-hydrogen) atoms. The molecule has 96 valence electrons. The third kappa shape index (κ3) is 2.22. The quantitative estimate of drug-likeness (QED) is 0.603. The van der Waals surface area contributed by atoms with Gasteiger partial charge in [0.15, 0.2) is 0 Å². The fourth-order valence-electron chi connectivity index (χ4n) is 2.00. The zero-order valence-corrected chi connectivity index (χ0v) is 11.3. The minimum absolute atomic E-state index is 0.431. The van der Waals surface area contributed by atoms with Crippen molar-refractivity contribution >= 4 is 29.1 Å². The Labute approximate surface area is 110 Å². The van der Waals surface area contributed by atoms with Crippen LogP contribution in [0.15, 0.2) is 18.2 Å². The summed E-state index contributed by atoms with van der Waals surface area (Å²) in [6.45, 7) is 0.588. The molecule has 0 N–H and O–H groups in total. The number of benzene rings is 1. The van der Waals surface area contributed by atoms with Gasteiger partial charge in [-0.1, -0.05) is 0 Å². The Morgan fingerprint density at radius 2 is 2.11 bits per heavy atom. The van der Waals surface area contributed by atoms with Crippen molar-refractivity contribution in [1.29, 1.82) is 0 Å². The summed E-state index contributed by atoms with van der Waals surface area (Å²) in [6.07, 6.45) is 2.90. The summed E-state index contributed by atoms with van der Waals surface area (Å²) >= 11 is 1.73. The van der Waals surface area contributed by atoms with E-state index in [0.29, 0.717) is 23.5 Å². The molecule has 1 heterocycles. The van der Waals surface area contributed by atoms with Gasteiger partial charge in [0.2, 0.25) is 0 Å². The second-order valence-corrected chi connectivity index (χ2v) is 5.00. The van der Waals surface area contributed by atoms with Gasteiger partial charge in [-0.05, 0) is 36.6 Å². The third-order valence-electron chi connectivity index (χ3n) is 2.91. The number of rotatable bonds is 5. The first kappa shape index (κ1) is 13.0. The molecule has 0 unspecified atom stereocenters. The summed E-state index contributed by atoms with van der Waals surface area (Å²) < 4.78 is 5.07. The van der Waals surface area contributed by atoms with Crippen molar-refractivity contribution in [3.05, 3.63) is 23.8 Å². The van der Waals surface area contributed by atoms with Gasteiger partial charge in [-0.25, -0.2) is 0 Å². The summed E-state index contributed by atoms with van der Waals surface area (Å²) in [7, 11) is 1.54. The first-order valence-corrected chi connectivity index (χ1v) is 7.11. The van der Waals surface area contributed by atoms with Crippen LogP contribution in [0.3, 0.4) is 0 Å². The van der Waals surface area contributed by atoms with E-state index in [2.05, 4.69) is 0 Å². The van der Waals surface area contributed by atoms with Crippen molar-refractivity contribution in [1.82, 2.24) is 0 Å². The average Bonchev–Trinajstić information content (AvgIpc) is 2.63. The molecule has 0 saturated carbocycles. The summed E-state index contributed by atoms with van der Waals surface area (Å²) in [6, 6.07) is 5.17. The molecule has 0 radical (unpaired) electrons. The van der Waals surface area contributed by atoms with E-state index < -0.39 is 11.7 Å². The highest BCUT2D eigenvalue weighted by molar-refractivity contribution is 7.98. The summed E-state index contributed by atoms with van der Waals surface area (Å²) in [5.41, 5.74) is 1.15. The minimum atomic E-state index is -0.437. The smallest absolute Gasteiger partial charge is 0.299 e. The predicted octanol–water partition coefficient (Wildman–Crippen LogP) is 1.98. The maximum absolute atomic E-state index is 11.9. The van der Waals surface area contributed by atoms with Crippen molar-refractivity contribution in [2.24, 2.45) is 0 Å². The van der Waals surface area contributed by atoms with Gasteiger partial charge in [0.05, 0.1) is 18.4 Å². The summed E-state index contributed by atoms with van der Waals surface area (Å²) in [5, 5.41) is 0. The van der Waals surface area contributed by atoms with Crippen LogP contribution in [0.25, 0.3) is 0 Å². The Bertz CT molecular complexity index is 487. The van der Waals surface area contributed by atoms with Crippen molar-refractivity contribution in [3.8, 4) is 5.75 Å². The maximum Gasteiger partial charge on any atom is 0.299 e. The molecule has 0 saturated heterocycles. The van der Waals surface area contributed by atoms with Gasteiger partial charge in [0.25, 0.3) is 11.7 Å². The van der Waals surface area contributed by atoms with Gasteiger partial charge >= 0.3 is 0 Å². The second-order valence-electron chi connectivity index (χ2n) is 4.02. The molecule has 4 nitrogen and oxygen atoms in total. The van der Waals surface area contributed by atoms with Crippen LogP contribution in [0, 0.1) is 0 Å². The van der Waals surface area contributed by atoms with E-state index in [4.69, 9.17) is 4.74 Å². The van der Waals surface area contributed by atoms with Crippen LogP contribution >= 0.6 is 11.8 Å². The highest BCUT2D eigenvalue weighted by Crippen LogP contribution is 2.32. The third-order valence-corrected chi connectivity index (χ3v) is 3.61. The number of hydrogen-bond acceptors (Lipinski definition) is 4. The normalized spacial score (nSPS) is 14.0. The van der Waals surface area contributed by atoms with E-state index in [1.54, 1.807) is 42.0 Å². The molecule has 0 bridgehead atoms. The monoisotopic (exact) mass is 265 g/mol. The van der Waals surface area contributed by atoms with E-state index >= 15 is 0 Å². The standard InChI is InChI=1S/C13H15NO3S/c1-17-9-4-5-11-10(8-9)12(15)13(16)14(11)6-3-7-18-2/h4-5,8H,3,6-7H2,1-2H3. The molecular formula is C13H15NO3S. The zero-order valence-electron chi connectivity index (χ0n) is 10.4. The minimum Gasteiger partial charge on any atom is -0.497 e. The topological polar surface area (TPSA) is 46.6 Å². The SMILES string of the molecule is COc1ccc2c(c1)C(=O)C(=O)N2CCCSC. The van der Waals surface area contributed by atoms with Crippen molar-refractivity contribution in [3.63, 3.8) is 0 Å². The number of methoxy groups -OCH3 is 1. The van der Waals surface area contributed by atoms with E-state index in [1.165, 1.54) is 0 Å². The number of ketones is 1. The lowest BCUT2D eigenvalue weighted by atomic mass is 10.1. The molecule has 2 rings (SSSR count). The molecule has 1 aromatic carbocycles. The highest BCUT2D eigenvalue weighted by Gasteiger charge is 2.35. The van der Waals surface area contributed by atoms with Gasteiger partial charge < -0.3 is 9.64 Å². The predicted molar refractivity (Wildman–Crippen MR) is 72.7 cm³/mol. The van der Waals surface area contributed by atoms with Crippen LogP contribution in [-0.2, 0) is 4.79 Å². The molecule has 1 aliphatic heterocycles. The molecule has 1 aromatic rings. The molecule has 1 aliphatic rings. The molecule has 0 spiro atoms. The van der Waals surface area contributed by atoms with Gasteiger partial charge in [-0.3, -0.25) is 9.59 Å². The number of fused-ring (bicyclic) bond motifs is 1. The van der Waals surface area contributed by atoms with Gasteiger partial charge in [0.1, 0.15) is 5.75 Å². The Morgan fingerprint density at radius 3 is 2.78 bits per heavy atom. The van der Waals surface area contributed by atoms with Crippen molar-refractivity contribution in [2.75, 3.05) is 30.6 Å². The number of hydrogen-bond donors (Lipinski definition) is 0. The van der Waals surface area contributed by atoms with Crippen LogP contribution in [0.5, 0.6) is 5.75 Å². The van der Waals surface area contributed by atoms with Gasteiger partial charge in [-0.15, -0.1) is 0 Å². The Kier molecular flexibility index (Phi) is 3.91. The number of carbonyl (C=O) groups excluding carboxylic acids is 2. The number of amides is 1. The van der Waals surface area contributed by atoms with Crippen molar-refractivity contribution in [2.45, 2.75) is 6.42 Å². The van der Waals surface area contributed by atoms with Crippen LogP contribution in [0.2, 0.25) is 0 Å². The van der Waals surface area contributed by atoms with E-state index in [9.17, 15) is 9.59 Å². The van der Waals surface area contributed by atoms with E-state index in [0.717, 1.165) is 12.2 Å². The molecule has 0 atom stereocenters. The van der Waals surface area contributed by atoms with Crippen molar-refractivity contribution < 1.29 is 14.3 Å². The zero-order chi connectivity index (χ0) is 13.1. The Balaban J connectivity index is 2.26. The fourth-order valence-corrected chi connectivity index (χ4v) is 2.41. The van der Waals surface area contributed by atoms with E-state index in [1.807, 2.05) is 6.26 Å². The summed E-state index contributed by atoms with van der Waals surface area (Å²) in [5.74, 6) is 0.706. The number of ether oxygens (including phenoxy) is 1. The molecular weight excluding hydrogens is 250 g/mol. The summed E-state index contributed by atoms with van der Waals surface area (Å²) in [4.78, 5) is 25.3. The highest BCUT2D eigenvalue weighted by atomic mass is 32.2. The van der Waals surface area contributed by atoms with Crippen LogP contribution in [-0.4, -0.2) is 37.4 Å². The second kappa shape index (κ2) is 5.44. The van der Waals surface area contributed by atoms with Crippen LogP contribution in [0.1, 0.15) is 16.8 Å². The molecule has 0 fully saturated rings. The van der Waals surface area contributed by atoms with Crippen LogP contribution in [0.4, 0.5) is 5.69 Å². The Hall–Kier alpha value is -1.49. The average molecular weight is 265 g/mol. The number of nitrogens with zero attached hydrogens (tertiary/aromatic N) is 1. The Morgan fingerprint density at radius 1 is 1.33 bits per heavy atom. The molecule has 1 amide bonds. The lowest BCUT2D eigenvalue weighted by molar-refractivity contribution is -0.114. The van der Waals surface area contributed by atoms with Gasteiger partial charge in [0, 0.05) is 6.54 Å². The first-order valence-electron chi connectivity index (χ1n) is 5.72. The fraction of sp³-hybridized carbons (Fsp3) is 0.385. The van der Waals surface area contributed by atoms with E-state index in [-0.39, 0.29) is 0 Å². The number of anilines is 1. The molecule has 5 heteroatoms. The lowest BCUT2D eigenvalue weighted by Crippen LogP contribution is -2.30. The van der Waals surface area contributed by atoms with Crippen LogP contribution < -0.4 is 9.64 Å².